The highest BCUT2D eigenvalue weighted by Crippen LogP contribution is 2.60. The van der Waals surface area contributed by atoms with Crippen molar-refractivity contribution in [2.45, 2.75) is 5.41 Å². The zero-order chi connectivity index (χ0) is 68.4. The molecule has 2 nitrogen and oxygen atoms in total. The lowest BCUT2D eigenvalue weighted by molar-refractivity contribution is 0.768. The van der Waals surface area contributed by atoms with Crippen LogP contribution in [0.5, 0.6) is 0 Å². The fourth-order valence-electron chi connectivity index (χ4n) is 18.3. The highest BCUT2D eigenvalue weighted by molar-refractivity contribution is 7.00. The molecule has 0 saturated carbocycles. The van der Waals surface area contributed by atoms with Gasteiger partial charge in [-0.2, -0.15) is 0 Å². The number of benzene rings is 18. The normalized spacial score (nSPS) is 13.0. The van der Waals surface area contributed by atoms with Crippen molar-refractivity contribution in [2.75, 3.05) is 9.80 Å². The van der Waals surface area contributed by atoms with E-state index in [1.165, 1.54) is 104 Å². The van der Waals surface area contributed by atoms with E-state index in [-0.39, 0.29) is 6.71 Å². The number of para-hydroxylation sites is 2. The third-order valence-electron chi connectivity index (χ3n) is 22.7. The second-order valence-electron chi connectivity index (χ2n) is 28.0. The van der Waals surface area contributed by atoms with Crippen molar-refractivity contribution in [3.63, 3.8) is 0 Å². The maximum atomic E-state index is 2.75. The average Bonchev–Trinajstić information content (AvgIpc) is 1.15. The van der Waals surface area contributed by atoms with Crippen LogP contribution in [0.1, 0.15) is 22.3 Å². The number of fused-ring (bicyclic) bond motifs is 11. The zero-order valence-electron chi connectivity index (χ0n) is 57.0. The van der Waals surface area contributed by atoms with Gasteiger partial charge in [-0.05, 0) is 162 Å². The molecule has 0 saturated heterocycles. The Morgan fingerprint density at radius 3 is 0.885 bits per heavy atom. The highest BCUT2D eigenvalue weighted by atomic mass is 15.2. The predicted octanol–water partition coefficient (Wildman–Crippen LogP) is 24.7. The highest BCUT2D eigenvalue weighted by Gasteiger charge is 2.51. The van der Waals surface area contributed by atoms with Crippen molar-refractivity contribution in [1.29, 1.82) is 0 Å². The molecule has 104 heavy (non-hydrogen) atoms. The zero-order valence-corrected chi connectivity index (χ0v) is 57.0. The molecule has 0 aromatic heterocycles. The van der Waals surface area contributed by atoms with Crippen LogP contribution >= 0.6 is 0 Å². The van der Waals surface area contributed by atoms with Crippen molar-refractivity contribution in [3.8, 4) is 77.9 Å². The third kappa shape index (κ3) is 9.03. The topological polar surface area (TPSA) is 6.48 Å². The van der Waals surface area contributed by atoms with Crippen LogP contribution in [0.25, 0.3) is 121 Å². The second kappa shape index (κ2) is 23.9. The Bertz CT molecular complexity index is 5930. The van der Waals surface area contributed by atoms with Gasteiger partial charge in [0, 0.05) is 45.0 Å². The van der Waals surface area contributed by atoms with Crippen LogP contribution in [0.2, 0.25) is 0 Å². The van der Waals surface area contributed by atoms with E-state index in [0.29, 0.717) is 0 Å². The third-order valence-corrected chi connectivity index (χ3v) is 22.7. The molecule has 3 aliphatic rings. The Balaban J connectivity index is 0.995. The molecule has 2 aliphatic heterocycles. The Morgan fingerprint density at radius 1 is 0.202 bits per heavy atom. The van der Waals surface area contributed by atoms with Gasteiger partial charge in [-0.25, -0.2) is 0 Å². The number of rotatable bonds is 10. The standard InChI is InChI=1S/C101H65BN2/c1-4-28-66(29-5-1)72-58-60-94-92(62-72)102-93-63-73(67-30-6-2-7-31-67)59-61-95(93)104(100-88(82-50-24-38-70-34-12-16-44-78(70)82)54-27-55-89(100)83-51-25-39-71-35-13-17-45-79(71)83)97-65-75(101(74-40-8-3-9-41-74)90-56-20-18-46-84(90)85-47-19-21-57-91(85)101)64-96(98(97)102)103(94)99-86(80-48-22-36-68-32-10-14-42-76(68)80)52-26-53-87(99)81-49-23-37-69-33-11-15-43-77(69)81/h1-65H. The van der Waals surface area contributed by atoms with E-state index in [1.807, 2.05) is 0 Å². The van der Waals surface area contributed by atoms with Gasteiger partial charge in [-0.3, -0.25) is 0 Å². The van der Waals surface area contributed by atoms with Crippen molar-refractivity contribution in [3.05, 3.63) is 417 Å². The molecular weight excluding hydrogens is 1250 g/mol. The summed E-state index contributed by atoms with van der Waals surface area (Å²) in [7, 11) is 0. The monoisotopic (exact) mass is 1320 g/mol. The lowest BCUT2D eigenvalue weighted by Crippen LogP contribution is -2.61. The quantitative estimate of drug-likeness (QED) is 0.126. The van der Waals surface area contributed by atoms with E-state index in [4.69, 9.17) is 0 Å². The van der Waals surface area contributed by atoms with Crippen molar-refractivity contribution < 1.29 is 0 Å². The van der Waals surface area contributed by atoms with E-state index in [2.05, 4.69) is 404 Å². The number of nitrogens with zero attached hydrogens (tertiary/aromatic N) is 2. The first-order chi connectivity index (χ1) is 51.6. The average molecular weight is 1320 g/mol. The van der Waals surface area contributed by atoms with E-state index >= 15 is 0 Å². The predicted molar refractivity (Wildman–Crippen MR) is 440 cm³/mol. The first-order valence-electron chi connectivity index (χ1n) is 36.2. The Hall–Kier alpha value is -13.3. The number of hydrogen-bond donors (Lipinski definition) is 0. The Morgan fingerprint density at radius 2 is 0.500 bits per heavy atom. The van der Waals surface area contributed by atoms with Crippen LogP contribution in [-0.4, -0.2) is 6.71 Å². The van der Waals surface area contributed by atoms with E-state index in [0.717, 1.165) is 89.8 Å². The maximum Gasteiger partial charge on any atom is 0.252 e. The molecule has 482 valence electrons. The van der Waals surface area contributed by atoms with Crippen molar-refractivity contribution >= 4 is 100 Å². The summed E-state index contributed by atoms with van der Waals surface area (Å²) in [4.78, 5) is 5.49. The second-order valence-corrected chi connectivity index (χ2v) is 28.0. The fourth-order valence-corrected chi connectivity index (χ4v) is 18.3. The molecule has 1 aliphatic carbocycles. The number of hydrogen-bond acceptors (Lipinski definition) is 2. The van der Waals surface area contributed by atoms with E-state index in [1.54, 1.807) is 0 Å². The largest absolute Gasteiger partial charge is 0.310 e. The lowest BCUT2D eigenvalue weighted by Gasteiger charge is -2.47. The first-order valence-corrected chi connectivity index (χ1v) is 36.2. The van der Waals surface area contributed by atoms with Gasteiger partial charge in [0.15, 0.2) is 0 Å². The van der Waals surface area contributed by atoms with Gasteiger partial charge in [0.05, 0.1) is 16.8 Å². The van der Waals surface area contributed by atoms with Crippen molar-refractivity contribution in [1.82, 2.24) is 0 Å². The molecule has 18 aromatic carbocycles. The molecule has 0 unspecified atom stereocenters. The number of anilines is 6. The van der Waals surface area contributed by atoms with E-state index < -0.39 is 5.41 Å². The van der Waals surface area contributed by atoms with Crippen LogP contribution in [0.4, 0.5) is 34.1 Å². The molecule has 0 bridgehead atoms. The Kier molecular flexibility index (Phi) is 13.7. The van der Waals surface area contributed by atoms with Crippen LogP contribution in [0.15, 0.2) is 394 Å². The fraction of sp³-hybridized carbons (Fsp3) is 0.00990. The molecule has 0 fully saturated rings. The summed E-state index contributed by atoms with van der Waals surface area (Å²) in [6, 6.07) is 149. The maximum absolute atomic E-state index is 2.75. The summed E-state index contributed by atoms with van der Waals surface area (Å²) in [5.74, 6) is 0. The van der Waals surface area contributed by atoms with Crippen LogP contribution in [-0.2, 0) is 5.41 Å². The molecule has 18 aromatic rings. The summed E-state index contributed by atoms with van der Waals surface area (Å²) in [5.41, 5.74) is 30.7. The minimum atomic E-state index is -0.830. The summed E-state index contributed by atoms with van der Waals surface area (Å²) in [6.07, 6.45) is 0. The summed E-state index contributed by atoms with van der Waals surface area (Å²) >= 11 is 0. The van der Waals surface area contributed by atoms with Gasteiger partial charge in [-0.1, -0.05) is 370 Å². The molecular formula is C101H65BN2. The van der Waals surface area contributed by atoms with E-state index in [9.17, 15) is 0 Å². The first kappa shape index (κ1) is 59.5. The summed E-state index contributed by atoms with van der Waals surface area (Å²) in [6.45, 7) is -0.300. The summed E-state index contributed by atoms with van der Waals surface area (Å²) < 4.78 is 0. The van der Waals surface area contributed by atoms with Crippen LogP contribution in [0, 0.1) is 0 Å². The molecule has 0 amide bonds. The molecule has 21 rings (SSSR count). The van der Waals surface area contributed by atoms with Gasteiger partial charge in [-0.15, -0.1) is 0 Å². The smallest absolute Gasteiger partial charge is 0.252 e. The minimum Gasteiger partial charge on any atom is -0.310 e. The Labute approximate surface area is 606 Å². The van der Waals surface area contributed by atoms with Gasteiger partial charge in [0.2, 0.25) is 0 Å². The minimum absolute atomic E-state index is 0.300. The molecule has 2 heterocycles. The van der Waals surface area contributed by atoms with Gasteiger partial charge >= 0.3 is 0 Å². The molecule has 3 heteroatoms. The molecule has 0 spiro atoms. The van der Waals surface area contributed by atoms with Crippen LogP contribution < -0.4 is 26.2 Å². The van der Waals surface area contributed by atoms with Crippen LogP contribution in [0.3, 0.4) is 0 Å². The van der Waals surface area contributed by atoms with Gasteiger partial charge < -0.3 is 9.80 Å². The van der Waals surface area contributed by atoms with Crippen molar-refractivity contribution in [2.24, 2.45) is 0 Å². The molecule has 0 N–H and O–H groups in total. The molecule has 0 radical (unpaired) electrons. The molecule has 0 atom stereocenters. The summed E-state index contributed by atoms with van der Waals surface area (Å²) in [5, 5.41) is 9.53. The SMILES string of the molecule is c1ccc(-c2ccc3c(c2)B2c4cc(-c5ccccc5)ccc4N(c4c(-c5cccc6ccccc56)cccc4-c4cccc5ccccc45)c4cc(C5(c6ccccc6)c6ccccc6-c6ccccc65)cc(c42)N3c2c(-c3cccc4ccccc34)cccc2-c2cccc3ccccc23)cc1. The lowest BCUT2D eigenvalue weighted by atomic mass is 9.33. The van der Waals surface area contributed by atoms with Gasteiger partial charge in [0.25, 0.3) is 6.71 Å². The van der Waals surface area contributed by atoms with Gasteiger partial charge in [0.1, 0.15) is 0 Å².